The van der Waals surface area contributed by atoms with Gasteiger partial charge in [0.15, 0.2) is 0 Å². The van der Waals surface area contributed by atoms with Crippen molar-refractivity contribution in [2.75, 3.05) is 36.1 Å². The van der Waals surface area contributed by atoms with Gasteiger partial charge in [-0.25, -0.2) is 9.18 Å². The number of anilines is 2. The van der Waals surface area contributed by atoms with Crippen LogP contribution < -0.4 is 15.5 Å². The molecule has 0 saturated carbocycles. The van der Waals surface area contributed by atoms with Crippen LogP contribution in [0.5, 0.6) is 0 Å². The van der Waals surface area contributed by atoms with E-state index in [-0.39, 0.29) is 11.8 Å². The number of carbonyl (C=O) groups is 1. The normalized spacial score (nSPS) is 16.7. The molecule has 6 heteroatoms. The van der Waals surface area contributed by atoms with Crippen LogP contribution in [-0.2, 0) is 0 Å². The predicted octanol–water partition coefficient (Wildman–Crippen LogP) is 4.20. The highest BCUT2D eigenvalue weighted by Gasteiger charge is 2.24. The molecule has 1 heterocycles. The molecule has 0 radical (unpaired) electrons. The molecule has 0 aromatic heterocycles. The van der Waals surface area contributed by atoms with E-state index in [4.69, 9.17) is 0 Å². The molecule has 1 aliphatic heterocycles. The molecule has 2 aromatic rings. The summed E-state index contributed by atoms with van der Waals surface area (Å²) in [7, 11) is 0. The summed E-state index contributed by atoms with van der Waals surface area (Å²) in [5, 5.41) is 5.78. The minimum Gasteiger partial charge on any atom is -0.369 e. The number of hydrogen-bond donors (Lipinski definition) is 2. The number of carbonyl (C=O) groups excluding carboxylic acids is 1. The highest BCUT2D eigenvalue weighted by Crippen LogP contribution is 2.25. The number of amides is 2. The van der Waals surface area contributed by atoms with Gasteiger partial charge in [0.05, 0.1) is 5.69 Å². The van der Waals surface area contributed by atoms with Gasteiger partial charge in [0.1, 0.15) is 5.82 Å². The zero-order valence-corrected chi connectivity index (χ0v) is 15.0. The van der Waals surface area contributed by atoms with Gasteiger partial charge in [0.25, 0.3) is 0 Å². The Morgan fingerprint density at radius 1 is 1.28 bits per heavy atom. The zero-order chi connectivity index (χ0) is 17.6. The maximum atomic E-state index is 13.9. The van der Waals surface area contributed by atoms with Crippen molar-refractivity contribution in [2.24, 2.45) is 5.92 Å². The van der Waals surface area contributed by atoms with E-state index in [1.54, 1.807) is 23.9 Å². The third-order valence-electron chi connectivity index (χ3n) is 4.36. The van der Waals surface area contributed by atoms with Crippen molar-refractivity contribution < 1.29 is 9.18 Å². The van der Waals surface area contributed by atoms with Crippen LogP contribution in [0.3, 0.4) is 0 Å². The van der Waals surface area contributed by atoms with E-state index >= 15 is 0 Å². The van der Waals surface area contributed by atoms with Crippen LogP contribution >= 0.6 is 11.8 Å². The van der Waals surface area contributed by atoms with E-state index in [1.807, 2.05) is 41.5 Å². The van der Waals surface area contributed by atoms with Crippen LogP contribution in [0.1, 0.15) is 6.42 Å². The second-order valence-electron chi connectivity index (χ2n) is 6.12. The fourth-order valence-electron chi connectivity index (χ4n) is 3.04. The Labute approximate surface area is 151 Å². The second-order valence-corrected chi connectivity index (χ2v) is 7.00. The van der Waals surface area contributed by atoms with Crippen molar-refractivity contribution in [3.05, 3.63) is 54.3 Å². The number of para-hydroxylation sites is 1. The van der Waals surface area contributed by atoms with Crippen LogP contribution in [-0.4, -0.2) is 31.9 Å². The zero-order valence-electron chi connectivity index (χ0n) is 14.2. The fourth-order valence-corrected chi connectivity index (χ4v) is 3.50. The van der Waals surface area contributed by atoms with E-state index in [0.717, 1.165) is 30.1 Å². The Hall–Kier alpha value is -2.21. The Kier molecular flexibility index (Phi) is 5.81. The molecular weight excluding hydrogens is 337 g/mol. The largest absolute Gasteiger partial charge is 0.369 e. The number of nitrogens with one attached hydrogen (secondary N) is 2. The standard InChI is InChI=1S/C19H22FN3OS/c1-25-16-6-4-5-15(11-16)22-19(24)21-12-14-9-10-23(13-14)18-8-3-2-7-17(18)20/h2-8,11,14H,9-10,12-13H2,1H3,(H2,21,22,24)/t14-/m1/s1. The summed E-state index contributed by atoms with van der Waals surface area (Å²) in [6.45, 7) is 2.15. The number of halogens is 1. The summed E-state index contributed by atoms with van der Waals surface area (Å²) < 4.78 is 13.9. The summed E-state index contributed by atoms with van der Waals surface area (Å²) >= 11 is 1.64. The van der Waals surface area contributed by atoms with E-state index in [9.17, 15) is 9.18 Å². The molecule has 4 nitrogen and oxygen atoms in total. The Morgan fingerprint density at radius 2 is 2.12 bits per heavy atom. The number of benzene rings is 2. The molecule has 0 spiro atoms. The van der Waals surface area contributed by atoms with Gasteiger partial charge in [-0.05, 0) is 48.9 Å². The maximum absolute atomic E-state index is 13.9. The smallest absolute Gasteiger partial charge is 0.319 e. The summed E-state index contributed by atoms with van der Waals surface area (Å²) in [4.78, 5) is 15.2. The van der Waals surface area contributed by atoms with Crippen LogP contribution in [0.4, 0.5) is 20.6 Å². The highest BCUT2D eigenvalue weighted by atomic mass is 32.2. The molecule has 1 saturated heterocycles. The lowest BCUT2D eigenvalue weighted by atomic mass is 10.1. The predicted molar refractivity (Wildman–Crippen MR) is 102 cm³/mol. The number of hydrogen-bond acceptors (Lipinski definition) is 3. The molecule has 2 aromatic carbocycles. The molecular formula is C19H22FN3OS. The van der Waals surface area contributed by atoms with Gasteiger partial charge in [-0.3, -0.25) is 0 Å². The van der Waals surface area contributed by atoms with Crippen LogP contribution in [0.15, 0.2) is 53.4 Å². The van der Waals surface area contributed by atoms with Gasteiger partial charge in [0, 0.05) is 30.2 Å². The van der Waals surface area contributed by atoms with E-state index in [0.29, 0.717) is 18.2 Å². The number of thioether (sulfide) groups is 1. The quantitative estimate of drug-likeness (QED) is 0.787. The van der Waals surface area contributed by atoms with Gasteiger partial charge in [-0.1, -0.05) is 18.2 Å². The SMILES string of the molecule is CSc1cccc(NC(=O)NC[C@H]2CCN(c3ccccc3F)C2)c1. The number of rotatable bonds is 5. The summed E-state index contributed by atoms with van der Waals surface area (Å²) in [5.74, 6) is 0.130. The van der Waals surface area contributed by atoms with Crippen molar-refractivity contribution in [1.29, 1.82) is 0 Å². The first-order valence-corrected chi connectivity index (χ1v) is 9.56. The summed E-state index contributed by atoms with van der Waals surface area (Å²) in [5.41, 5.74) is 1.42. The first kappa shape index (κ1) is 17.6. The van der Waals surface area contributed by atoms with Gasteiger partial charge in [-0.2, -0.15) is 0 Å². The summed E-state index contributed by atoms with van der Waals surface area (Å²) in [6, 6.07) is 14.4. The molecule has 1 atom stereocenters. The number of nitrogens with zero attached hydrogens (tertiary/aromatic N) is 1. The van der Waals surface area contributed by atoms with E-state index in [2.05, 4.69) is 10.6 Å². The van der Waals surface area contributed by atoms with E-state index in [1.165, 1.54) is 6.07 Å². The van der Waals surface area contributed by atoms with Gasteiger partial charge < -0.3 is 15.5 Å². The third-order valence-corrected chi connectivity index (χ3v) is 5.08. The Balaban J connectivity index is 1.47. The minimum absolute atomic E-state index is 0.192. The molecule has 132 valence electrons. The molecule has 1 fully saturated rings. The van der Waals surface area contributed by atoms with Gasteiger partial charge in [0.2, 0.25) is 0 Å². The van der Waals surface area contributed by atoms with Gasteiger partial charge >= 0.3 is 6.03 Å². The first-order valence-electron chi connectivity index (χ1n) is 8.34. The lowest BCUT2D eigenvalue weighted by Gasteiger charge is -2.19. The van der Waals surface area contributed by atoms with Crippen molar-refractivity contribution in [3.63, 3.8) is 0 Å². The Morgan fingerprint density at radius 3 is 2.92 bits per heavy atom. The third kappa shape index (κ3) is 4.66. The molecule has 2 N–H and O–H groups in total. The topological polar surface area (TPSA) is 44.4 Å². The Bertz CT molecular complexity index is 740. The average Bonchev–Trinajstić information content (AvgIpc) is 3.09. The molecule has 25 heavy (non-hydrogen) atoms. The minimum atomic E-state index is -0.206. The van der Waals surface area contributed by atoms with Crippen molar-refractivity contribution in [1.82, 2.24) is 5.32 Å². The molecule has 0 bridgehead atoms. The van der Waals surface area contributed by atoms with Crippen molar-refractivity contribution >= 4 is 29.2 Å². The molecule has 0 aliphatic carbocycles. The molecule has 0 unspecified atom stereocenters. The van der Waals surface area contributed by atoms with Crippen molar-refractivity contribution in [3.8, 4) is 0 Å². The monoisotopic (exact) mass is 359 g/mol. The lowest BCUT2D eigenvalue weighted by Crippen LogP contribution is -2.34. The fraction of sp³-hybridized carbons (Fsp3) is 0.316. The maximum Gasteiger partial charge on any atom is 0.319 e. The van der Waals surface area contributed by atoms with Crippen LogP contribution in [0.2, 0.25) is 0 Å². The first-order chi connectivity index (χ1) is 12.2. The lowest BCUT2D eigenvalue weighted by molar-refractivity contribution is 0.250. The average molecular weight is 359 g/mol. The van der Waals surface area contributed by atoms with Crippen LogP contribution in [0.25, 0.3) is 0 Å². The summed E-state index contributed by atoms with van der Waals surface area (Å²) in [6.07, 6.45) is 2.94. The molecule has 2 amide bonds. The highest BCUT2D eigenvalue weighted by molar-refractivity contribution is 7.98. The van der Waals surface area contributed by atoms with Gasteiger partial charge in [-0.15, -0.1) is 11.8 Å². The molecule has 1 aliphatic rings. The second kappa shape index (κ2) is 8.25. The van der Waals surface area contributed by atoms with Crippen molar-refractivity contribution in [2.45, 2.75) is 11.3 Å². The molecule has 3 rings (SSSR count). The van der Waals surface area contributed by atoms with E-state index < -0.39 is 0 Å². The van der Waals surface area contributed by atoms with Crippen LogP contribution in [0, 0.1) is 11.7 Å². The number of urea groups is 1.